The normalized spacial score (nSPS) is 10.9. The number of esters is 1. The van der Waals surface area contributed by atoms with Crippen LogP contribution in [0.15, 0.2) is 24.3 Å². The maximum Gasteiger partial charge on any atom is 0.307 e. The lowest BCUT2D eigenvalue weighted by molar-refractivity contribution is -0.143. The van der Waals surface area contributed by atoms with E-state index in [2.05, 4.69) is 5.32 Å². The summed E-state index contributed by atoms with van der Waals surface area (Å²) < 4.78 is 4.80. The molecule has 0 spiro atoms. The van der Waals surface area contributed by atoms with Gasteiger partial charge in [-0.25, -0.2) is 0 Å². The molecule has 0 heterocycles. The molecule has 0 bridgehead atoms. The zero-order chi connectivity index (χ0) is 15.2. The number of nitrogen functional groups attached to an aromatic ring is 1. The van der Waals surface area contributed by atoms with Crippen LogP contribution in [0, 0.1) is 0 Å². The van der Waals surface area contributed by atoms with Gasteiger partial charge >= 0.3 is 5.97 Å². The Morgan fingerprint density at radius 2 is 1.85 bits per heavy atom. The van der Waals surface area contributed by atoms with Gasteiger partial charge < -0.3 is 15.8 Å². The first-order valence-electron chi connectivity index (χ1n) is 6.68. The van der Waals surface area contributed by atoms with Crippen molar-refractivity contribution in [1.82, 2.24) is 5.32 Å². The fraction of sp³-hybridized carbons (Fsp3) is 0.467. The van der Waals surface area contributed by atoms with E-state index in [9.17, 15) is 9.59 Å². The third kappa shape index (κ3) is 4.26. The van der Waals surface area contributed by atoms with Crippen LogP contribution in [0.4, 0.5) is 5.69 Å². The van der Waals surface area contributed by atoms with Crippen LogP contribution < -0.4 is 11.1 Å². The van der Waals surface area contributed by atoms with Gasteiger partial charge in [0.25, 0.3) is 0 Å². The number of nitrogens with one attached hydrogen (secondary N) is 1. The molecule has 0 fully saturated rings. The molecule has 1 aromatic carbocycles. The molecule has 0 aliphatic heterocycles. The first kappa shape index (κ1) is 16.0. The molecule has 1 rings (SSSR count). The van der Waals surface area contributed by atoms with Crippen LogP contribution in [-0.2, 0) is 19.7 Å². The number of anilines is 1. The number of rotatable bonds is 6. The van der Waals surface area contributed by atoms with Crippen LogP contribution in [-0.4, -0.2) is 25.0 Å². The van der Waals surface area contributed by atoms with Gasteiger partial charge in [0.2, 0.25) is 5.91 Å². The Morgan fingerprint density at radius 1 is 1.25 bits per heavy atom. The standard InChI is InChI=1S/C15H22N2O3/c1-4-20-13(18)9-10-17-14(19)15(2,3)11-5-7-12(16)8-6-11/h5-8H,4,9-10,16H2,1-3H3,(H,17,19). The highest BCUT2D eigenvalue weighted by atomic mass is 16.5. The minimum atomic E-state index is -0.678. The third-order valence-corrected chi connectivity index (χ3v) is 3.12. The maximum absolute atomic E-state index is 12.2. The van der Waals surface area contributed by atoms with Gasteiger partial charge in [-0.15, -0.1) is 0 Å². The predicted molar refractivity (Wildman–Crippen MR) is 78.1 cm³/mol. The molecular formula is C15H22N2O3. The summed E-state index contributed by atoms with van der Waals surface area (Å²) in [5, 5.41) is 2.75. The van der Waals surface area contributed by atoms with Gasteiger partial charge in [-0.2, -0.15) is 0 Å². The number of carbonyl (C=O) groups excluding carboxylic acids is 2. The highest BCUT2D eigenvalue weighted by Gasteiger charge is 2.29. The Labute approximate surface area is 119 Å². The quantitative estimate of drug-likeness (QED) is 0.612. The van der Waals surface area contributed by atoms with Crippen LogP contribution in [0.2, 0.25) is 0 Å². The summed E-state index contributed by atoms with van der Waals surface area (Å²) in [6.45, 7) is 6.04. The minimum absolute atomic E-state index is 0.133. The molecule has 5 heteroatoms. The highest BCUT2D eigenvalue weighted by molar-refractivity contribution is 5.87. The molecule has 3 N–H and O–H groups in total. The highest BCUT2D eigenvalue weighted by Crippen LogP contribution is 2.24. The lowest BCUT2D eigenvalue weighted by Crippen LogP contribution is -2.41. The number of hydrogen-bond donors (Lipinski definition) is 2. The van der Waals surface area contributed by atoms with Gasteiger partial charge in [0.1, 0.15) is 0 Å². The van der Waals surface area contributed by atoms with Gasteiger partial charge in [-0.1, -0.05) is 12.1 Å². The fourth-order valence-electron chi connectivity index (χ4n) is 1.76. The zero-order valence-corrected chi connectivity index (χ0v) is 12.2. The van der Waals surface area contributed by atoms with E-state index >= 15 is 0 Å². The summed E-state index contributed by atoms with van der Waals surface area (Å²) in [5.74, 6) is -0.440. The van der Waals surface area contributed by atoms with Crippen molar-refractivity contribution >= 4 is 17.6 Å². The topological polar surface area (TPSA) is 81.4 Å². The molecule has 1 amide bonds. The maximum atomic E-state index is 12.2. The molecule has 0 radical (unpaired) electrons. The summed E-state index contributed by atoms with van der Waals surface area (Å²) in [7, 11) is 0. The van der Waals surface area contributed by atoms with Gasteiger partial charge in [-0.3, -0.25) is 9.59 Å². The molecule has 0 unspecified atom stereocenters. The molecule has 0 aliphatic rings. The van der Waals surface area contributed by atoms with E-state index in [1.54, 1.807) is 19.1 Å². The summed E-state index contributed by atoms with van der Waals surface area (Å²) in [5.41, 5.74) is 6.49. The Hall–Kier alpha value is -2.04. The molecule has 5 nitrogen and oxygen atoms in total. The first-order chi connectivity index (χ1) is 9.37. The summed E-state index contributed by atoms with van der Waals surface area (Å²) in [4.78, 5) is 23.4. The summed E-state index contributed by atoms with van der Waals surface area (Å²) in [6.07, 6.45) is 0.178. The number of hydrogen-bond acceptors (Lipinski definition) is 4. The molecule has 0 saturated heterocycles. The second-order valence-electron chi connectivity index (χ2n) is 5.06. The summed E-state index contributed by atoms with van der Waals surface area (Å²) >= 11 is 0. The van der Waals surface area contributed by atoms with Crippen molar-refractivity contribution in [3.8, 4) is 0 Å². The van der Waals surface area contributed by atoms with Crippen molar-refractivity contribution in [2.24, 2.45) is 0 Å². The molecule has 20 heavy (non-hydrogen) atoms. The lowest BCUT2D eigenvalue weighted by atomic mass is 9.83. The van der Waals surface area contributed by atoms with Gasteiger partial charge in [0.15, 0.2) is 0 Å². The monoisotopic (exact) mass is 278 g/mol. The van der Waals surface area contributed by atoms with Crippen LogP contribution >= 0.6 is 0 Å². The second kappa shape index (κ2) is 6.93. The van der Waals surface area contributed by atoms with Crippen molar-refractivity contribution in [2.75, 3.05) is 18.9 Å². The molecule has 1 aromatic rings. The smallest absolute Gasteiger partial charge is 0.307 e. The van der Waals surface area contributed by atoms with Crippen LogP contribution in [0.3, 0.4) is 0 Å². The fourth-order valence-corrected chi connectivity index (χ4v) is 1.76. The minimum Gasteiger partial charge on any atom is -0.466 e. The number of nitrogens with two attached hydrogens (primary N) is 1. The van der Waals surface area contributed by atoms with Crippen molar-refractivity contribution in [1.29, 1.82) is 0 Å². The van der Waals surface area contributed by atoms with E-state index in [4.69, 9.17) is 10.5 Å². The Bertz CT molecular complexity index is 467. The average molecular weight is 278 g/mol. The summed E-state index contributed by atoms with van der Waals surface area (Å²) in [6, 6.07) is 7.20. The van der Waals surface area contributed by atoms with E-state index in [-0.39, 0.29) is 24.8 Å². The third-order valence-electron chi connectivity index (χ3n) is 3.12. The molecule has 0 aliphatic carbocycles. The lowest BCUT2D eigenvalue weighted by Gasteiger charge is -2.24. The molecule has 0 atom stereocenters. The van der Waals surface area contributed by atoms with E-state index in [1.807, 2.05) is 26.0 Å². The van der Waals surface area contributed by atoms with Crippen molar-refractivity contribution in [3.63, 3.8) is 0 Å². The second-order valence-corrected chi connectivity index (χ2v) is 5.06. The van der Waals surface area contributed by atoms with E-state index in [0.29, 0.717) is 12.3 Å². The number of benzene rings is 1. The van der Waals surface area contributed by atoms with Gasteiger partial charge in [0, 0.05) is 12.2 Å². The van der Waals surface area contributed by atoms with Crippen LogP contribution in [0.5, 0.6) is 0 Å². The Balaban J connectivity index is 2.57. The number of carbonyl (C=O) groups is 2. The Kier molecular flexibility index (Phi) is 5.55. The SMILES string of the molecule is CCOC(=O)CCNC(=O)C(C)(C)c1ccc(N)cc1. The number of ether oxygens (including phenoxy) is 1. The van der Waals surface area contributed by atoms with Crippen LogP contribution in [0.25, 0.3) is 0 Å². The van der Waals surface area contributed by atoms with Crippen molar-refractivity contribution in [3.05, 3.63) is 29.8 Å². The van der Waals surface area contributed by atoms with Crippen LogP contribution in [0.1, 0.15) is 32.8 Å². The van der Waals surface area contributed by atoms with Crippen molar-refractivity contribution < 1.29 is 14.3 Å². The molecule has 0 saturated carbocycles. The van der Waals surface area contributed by atoms with E-state index < -0.39 is 5.41 Å². The van der Waals surface area contributed by atoms with E-state index in [1.165, 1.54) is 0 Å². The Morgan fingerprint density at radius 3 is 2.40 bits per heavy atom. The zero-order valence-electron chi connectivity index (χ0n) is 12.2. The average Bonchev–Trinajstić information content (AvgIpc) is 2.39. The number of amides is 1. The molecular weight excluding hydrogens is 256 g/mol. The van der Waals surface area contributed by atoms with Crippen molar-refractivity contribution in [2.45, 2.75) is 32.6 Å². The molecule has 110 valence electrons. The first-order valence-corrected chi connectivity index (χ1v) is 6.68. The van der Waals surface area contributed by atoms with E-state index in [0.717, 1.165) is 5.56 Å². The van der Waals surface area contributed by atoms with Gasteiger partial charge in [-0.05, 0) is 38.5 Å². The predicted octanol–water partition coefficient (Wildman–Crippen LogP) is 1.62. The van der Waals surface area contributed by atoms with Gasteiger partial charge in [0.05, 0.1) is 18.4 Å². The largest absolute Gasteiger partial charge is 0.466 e. The molecule has 0 aromatic heterocycles.